The Balaban J connectivity index is 3.28. The molecule has 0 aliphatic heterocycles. The maximum atomic E-state index is 13.8. The van der Waals surface area contributed by atoms with Gasteiger partial charge in [-0.25, -0.2) is 4.39 Å². The number of halogens is 2. The van der Waals surface area contributed by atoms with Crippen LogP contribution in [0.15, 0.2) is 23.8 Å². The fourth-order valence-electron chi connectivity index (χ4n) is 1.44. The Morgan fingerprint density at radius 1 is 1.50 bits per heavy atom. The van der Waals surface area contributed by atoms with Gasteiger partial charge in [0.2, 0.25) is 0 Å². The van der Waals surface area contributed by atoms with Crippen LogP contribution < -0.4 is 0 Å². The molecule has 0 aliphatic carbocycles. The third kappa shape index (κ3) is 2.62. The fraction of sp³-hybridized carbons (Fsp3) is 0.308. The van der Waals surface area contributed by atoms with Crippen molar-refractivity contribution in [3.05, 3.63) is 40.7 Å². The van der Waals surface area contributed by atoms with Crippen LogP contribution in [0, 0.1) is 24.1 Å². The second-order valence-corrected chi connectivity index (χ2v) is 3.97. The van der Waals surface area contributed by atoms with E-state index in [9.17, 15) is 4.39 Å². The third-order valence-corrected chi connectivity index (χ3v) is 2.76. The lowest BCUT2D eigenvalue weighted by Crippen LogP contribution is -1.92. The van der Waals surface area contributed by atoms with Crippen molar-refractivity contribution in [1.82, 2.24) is 0 Å². The summed E-state index contributed by atoms with van der Waals surface area (Å²) >= 11 is 6.05. The van der Waals surface area contributed by atoms with E-state index in [4.69, 9.17) is 16.9 Å². The van der Waals surface area contributed by atoms with E-state index in [1.807, 2.05) is 13.0 Å². The van der Waals surface area contributed by atoms with Gasteiger partial charge in [-0.1, -0.05) is 43.1 Å². The normalized spacial score (nSPS) is 11.9. The maximum Gasteiger partial charge on any atom is 0.134 e. The van der Waals surface area contributed by atoms with Crippen LogP contribution in [0.1, 0.15) is 30.9 Å². The van der Waals surface area contributed by atoms with Crippen molar-refractivity contribution in [2.75, 3.05) is 0 Å². The summed E-state index contributed by atoms with van der Waals surface area (Å²) in [6, 6.07) is 7.03. The molecule has 0 N–H and O–H groups in total. The second-order valence-electron chi connectivity index (χ2n) is 3.59. The van der Waals surface area contributed by atoms with Crippen molar-refractivity contribution < 1.29 is 4.39 Å². The number of nitriles is 1. The standard InChI is InChI=1S/C13H13ClFN/c1-3-5-10(8-16)12(14)11-7-4-6-9(2)13(11)15/h4,6-7H,3,5H2,1-2H3/b12-10-. The molecule has 0 aromatic heterocycles. The van der Waals surface area contributed by atoms with Gasteiger partial charge in [0.15, 0.2) is 0 Å². The van der Waals surface area contributed by atoms with Crippen molar-refractivity contribution in [2.45, 2.75) is 26.7 Å². The Morgan fingerprint density at radius 2 is 2.19 bits per heavy atom. The van der Waals surface area contributed by atoms with Crippen LogP contribution in [-0.4, -0.2) is 0 Å². The highest BCUT2D eigenvalue weighted by Crippen LogP contribution is 2.28. The van der Waals surface area contributed by atoms with Crippen LogP contribution in [-0.2, 0) is 0 Å². The van der Waals surface area contributed by atoms with E-state index < -0.39 is 0 Å². The average molecular weight is 238 g/mol. The second kappa shape index (κ2) is 5.67. The first kappa shape index (κ1) is 12.7. The molecule has 84 valence electrons. The number of benzene rings is 1. The summed E-state index contributed by atoms with van der Waals surface area (Å²) in [4.78, 5) is 0. The molecule has 0 fully saturated rings. The van der Waals surface area contributed by atoms with Crippen LogP contribution in [0.25, 0.3) is 5.03 Å². The van der Waals surface area contributed by atoms with Crippen molar-refractivity contribution in [1.29, 1.82) is 5.26 Å². The predicted molar refractivity (Wildman–Crippen MR) is 64.4 cm³/mol. The highest BCUT2D eigenvalue weighted by atomic mass is 35.5. The van der Waals surface area contributed by atoms with E-state index in [1.165, 1.54) is 0 Å². The molecule has 16 heavy (non-hydrogen) atoms. The van der Waals surface area contributed by atoms with E-state index in [0.717, 1.165) is 6.42 Å². The number of aryl methyl sites for hydroxylation is 1. The first-order valence-electron chi connectivity index (χ1n) is 5.16. The number of allylic oxidation sites excluding steroid dienone is 1. The summed E-state index contributed by atoms with van der Waals surface area (Å²) in [6.07, 6.45) is 1.38. The van der Waals surface area contributed by atoms with Gasteiger partial charge in [0.05, 0.1) is 11.1 Å². The minimum atomic E-state index is -0.351. The smallest absolute Gasteiger partial charge is 0.134 e. The average Bonchev–Trinajstić information content (AvgIpc) is 2.29. The Kier molecular flexibility index (Phi) is 4.52. The Morgan fingerprint density at radius 3 is 2.75 bits per heavy atom. The summed E-state index contributed by atoms with van der Waals surface area (Å²) in [5.41, 5.74) is 1.28. The van der Waals surface area contributed by atoms with Crippen molar-refractivity contribution in [3.63, 3.8) is 0 Å². The quantitative estimate of drug-likeness (QED) is 0.715. The minimum Gasteiger partial charge on any atom is -0.206 e. The molecule has 0 unspecified atom stereocenters. The van der Waals surface area contributed by atoms with E-state index >= 15 is 0 Å². The van der Waals surface area contributed by atoms with Gasteiger partial charge in [0.1, 0.15) is 5.82 Å². The summed E-state index contributed by atoms with van der Waals surface area (Å²) in [7, 11) is 0. The molecule has 0 amide bonds. The third-order valence-electron chi connectivity index (χ3n) is 2.33. The van der Waals surface area contributed by atoms with Gasteiger partial charge in [-0.3, -0.25) is 0 Å². The van der Waals surface area contributed by atoms with Crippen LogP contribution in [0.3, 0.4) is 0 Å². The Hall–Kier alpha value is -1.33. The topological polar surface area (TPSA) is 23.8 Å². The molecule has 0 radical (unpaired) electrons. The lowest BCUT2D eigenvalue weighted by atomic mass is 10.0. The molecule has 0 saturated carbocycles. The van der Waals surface area contributed by atoms with E-state index in [1.54, 1.807) is 25.1 Å². The summed E-state index contributed by atoms with van der Waals surface area (Å²) in [5.74, 6) is -0.351. The van der Waals surface area contributed by atoms with Gasteiger partial charge >= 0.3 is 0 Å². The van der Waals surface area contributed by atoms with Gasteiger partial charge in [-0.05, 0) is 18.9 Å². The lowest BCUT2D eigenvalue weighted by Gasteiger charge is -2.06. The molecule has 1 rings (SSSR count). The molecule has 3 heteroatoms. The predicted octanol–water partition coefficient (Wildman–Crippen LogP) is 4.41. The first-order chi connectivity index (χ1) is 7.61. The van der Waals surface area contributed by atoms with E-state index in [-0.39, 0.29) is 10.8 Å². The minimum absolute atomic E-state index is 0.227. The highest BCUT2D eigenvalue weighted by molar-refractivity contribution is 6.49. The molecule has 1 aromatic rings. The molecule has 0 aliphatic rings. The molecule has 0 atom stereocenters. The van der Waals surface area contributed by atoms with E-state index in [2.05, 4.69) is 0 Å². The number of nitrogens with zero attached hydrogens (tertiary/aromatic N) is 1. The zero-order valence-electron chi connectivity index (χ0n) is 9.35. The van der Waals surface area contributed by atoms with Crippen LogP contribution in [0.2, 0.25) is 0 Å². The molecule has 0 bridgehead atoms. The SMILES string of the molecule is CCC/C(C#N)=C(/Cl)c1cccc(C)c1F. The highest BCUT2D eigenvalue weighted by Gasteiger charge is 2.12. The molecular formula is C13H13ClFN. The van der Waals surface area contributed by atoms with Crippen molar-refractivity contribution in [3.8, 4) is 6.07 Å². The first-order valence-corrected chi connectivity index (χ1v) is 5.53. The fourth-order valence-corrected chi connectivity index (χ4v) is 1.73. The Bertz CT molecular complexity index is 457. The molecule has 0 saturated heterocycles. The molecular weight excluding hydrogens is 225 g/mol. The molecule has 0 heterocycles. The van der Waals surface area contributed by atoms with Crippen molar-refractivity contribution in [2.24, 2.45) is 0 Å². The summed E-state index contributed by atoms with van der Waals surface area (Å²) in [5, 5.41) is 9.16. The van der Waals surface area contributed by atoms with Gasteiger partial charge in [0.25, 0.3) is 0 Å². The zero-order chi connectivity index (χ0) is 12.1. The lowest BCUT2D eigenvalue weighted by molar-refractivity contribution is 0.615. The number of hydrogen-bond donors (Lipinski definition) is 0. The van der Waals surface area contributed by atoms with Crippen LogP contribution in [0.4, 0.5) is 4.39 Å². The molecule has 0 spiro atoms. The largest absolute Gasteiger partial charge is 0.206 e. The summed E-state index contributed by atoms with van der Waals surface area (Å²) in [6.45, 7) is 3.63. The van der Waals surface area contributed by atoms with Gasteiger partial charge in [0, 0.05) is 11.1 Å². The number of rotatable bonds is 3. The van der Waals surface area contributed by atoms with E-state index in [0.29, 0.717) is 23.1 Å². The summed E-state index contributed by atoms with van der Waals surface area (Å²) < 4.78 is 13.8. The monoisotopic (exact) mass is 237 g/mol. The van der Waals surface area contributed by atoms with Crippen LogP contribution in [0.5, 0.6) is 0 Å². The molecule has 1 nitrogen and oxygen atoms in total. The van der Waals surface area contributed by atoms with Gasteiger partial charge < -0.3 is 0 Å². The van der Waals surface area contributed by atoms with Crippen molar-refractivity contribution >= 4 is 16.6 Å². The van der Waals surface area contributed by atoms with Crippen LogP contribution >= 0.6 is 11.6 Å². The van der Waals surface area contributed by atoms with Gasteiger partial charge in [-0.15, -0.1) is 0 Å². The zero-order valence-corrected chi connectivity index (χ0v) is 10.1. The Labute approximate surface area is 100 Å². The number of hydrogen-bond acceptors (Lipinski definition) is 1. The molecule has 1 aromatic carbocycles. The van der Waals surface area contributed by atoms with Gasteiger partial charge in [-0.2, -0.15) is 5.26 Å². The maximum absolute atomic E-state index is 13.8.